The maximum Gasteiger partial charge on any atom is 0.406 e. The molecule has 1 aromatic heterocycles. The smallest absolute Gasteiger partial charge is 0.329 e. The molecular formula is C11H18F3N5O. The quantitative estimate of drug-likeness (QED) is 0.845. The molecular weight excluding hydrogens is 275 g/mol. The van der Waals surface area contributed by atoms with Crippen LogP contribution in [0.5, 0.6) is 0 Å². The summed E-state index contributed by atoms with van der Waals surface area (Å²) in [7, 11) is 0. The molecule has 0 radical (unpaired) electrons. The minimum Gasteiger partial charge on any atom is -0.329 e. The first-order valence-corrected chi connectivity index (χ1v) is 6.19. The second kappa shape index (κ2) is 6.69. The summed E-state index contributed by atoms with van der Waals surface area (Å²) in [6, 6.07) is 0. The largest absolute Gasteiger partial charge is 0.406 e. The van der Waals surface area contributed by atoms with Crippen molar-refractivity contribution in [1.29, 1.82) is 0 Å². The molecule has 0 unspecified atom stereocenters. The molecule has 0 saturated heterocycles. The summed E-state index contributed by atoms with van der Waals surface area (Å²) in [5.41, 5.74) is 5.21. The lowest BCUT2D eigenvalue weighted by Crippen LogP contribution is -2.41. The number of nitrogens with two attached hydrogens (primary N) is 1. The van der Waals surface area contributed by atoms with E-state index in [-0.39, 0.29) is 18.2 Å². The highest BCUT2D eigenvalue weighted by atomic mass is 19.4. The van der Waals surface area contributed by atoms with Crippen LogP contribution in [0.3, 0.4) is 0 Å². The van der Waals surface area contributed by atoms with Crippen LogP contribution in [-0.4, -0.2) is 51.6 Å². The maximum absolute atomic E-state index is 12.5. The number of nitrogens with zero attached hydrogens (tertiary/aromatic N) is 4. The molecule has 1 heterocycles. The van der Waals surface area contributed by atoms with Crippen LogP contribution in [0.4, 0.5) is 13.2 Å². The molecule has 114 valence electrons. The topological polar surface area (TPSA) is 77.0 Å². The molecule has 0 atom stereocenters. The highest BCUT2D eigenvalue weighted by Crippen LogP contribution is 2.18. The number of amides is 1. The van der Waals surface area contributed by atoms with E-state index in [1.54, 1.807) is 13.8 Å². The van der Waals surface area contributed by atoms with Crippen molar-refractivity contribution in [2.24, 2.45) is 11.7 Å². The van der Waals surface area contributed by atoms with Crippen LogP contribution in [0.25, 0.3) is 0 Å². The van der Waals surface area contributed by atoms with Crippen molar-refractivity contribution in [1.82, 2.24) is 19.9 Å². The Balaban J connectivity index is 2.85. The van der Waals surface area contributed by atoms with Crippen LogP contribution in [0, 0.1) is 5.92 Å². The van der Waals surface area contributed by atoms with Gasteiger partial charge < -0.3 is 10.6 Å². The van der Waals surface area contributed by atoms with E-state index in [0.717, 1.165) is 4.90 Å². The fraction of sp³-hybridized carbons (Fsp3) is 0.727. The zero-order valence-corrected chi connectivity index (χ0v) is 11.4. The molecule has 6 nitrogen and oxygen atoms in total. The molecule has 0 spiro atoms. The minimum atomic E-state index is -4.45. The Hall–Kier alpha value is -1.64. The summed E-state index contributed by atoms with van der Waals surface area (Å²) < 4.78 is 38.8. The van der Waals surface area contributed by atoms with Crippen LogP contribution in [0.2, 0.25) is 0 Å². The standard InChI is InChI=1S/C11H18F3N5O/c1-8(2)5-18(7-11(12,13)14)10(20)9-6-19(4-3-15)17-16-9/h6,8H,3-5,7,15H2,1-2H3. The number of aromatic nitrogens is 3. The number of carbonyl (C=O) groups excluding carboxylic acids is 1. The molecule has 0 saturated carbocycles. The summed E-state index contributed by atoms with van der Waals surface area (Å²) in [4.78, 5) is 12.8. The molecule has 9 heteroatoms. The highest BCUT2D eigenvalue weighted by Gasteiger charge is 2.34. The fourth-order valence-electron chi connectivity index (χ4n) is 1.68. The monoisotopic (exact) mass is 293 g/mol. The first-order chi connectivity index (χ1) is 9.23. The van der Waals surface area contributed by atoms with Crippen molar-refractivity contribution in [3.05, 3.63) is 11.9 Å². The summed E-state index contributed by atoms with van der Waals surface area (Å²) >= 11 is 0. The normalized spacial score (nSPS) is 11.9. The van der Waals surface area contributed by atoms with E-state index in [1.165, 1.54) is 10.9 Å². The van der Waals surface area contributed by atoms with Crippen LogP contribution >= 0.6 is 0 Å². The Morgan fingerprint density at radius 1 is 1.50 bits per heavy atom. The molecule has 1 rings (SSSR count). The number of halogens is 3. The predicted molar refractivity (Wildman–Crippen MR) is 65.9 cm³/mol. The summed E-state index contributed by atoms with van der Waals surface area (Å²) in [6.45, 7) is 2.83. The second-order valence-corrected chi connectivity index (χ2v) is 4.85. The van der Waals surface area contributed by atoms with E-state index in [2.05, 4.69) is 10.3 Å². The average Bonchev–Trinajstić information content (AvgIpc) is 2.73. The third-order valence-electron chi connectivity index (χ3n) is 2.36. The van der Waals surface area contributed by atoms with Gasteiger partial charge in [0, 0.05) is 13.1 Å². The summed E-state index contributed by atoms with van der Waals surface area (Å²) in [5.74, 6) is -0.861. The lowest BCUT2D eigenvalue weighted by Gasteiger charge is -2.24. The molecule has 0 bridgehead atoms. The van der Waals surface area contributed by atoms with E-state index >= 15 is 0 Å². The average molecular weight is 293 g/mol. The van der Waals surface area contributed by atoms with Gasteiger partial charge in [-0.1, -0.05) is 19.1 Å². The Morgan fingerprint density at radius 3 is 2.65 bits per heavy atom. The van der Waals surface area contributed by atoms with Crippen molar-refractivity contribution in [3.8, 4) is 0 Å². The van der Waals surface area contributed by atoms with E-state index in [9.17, 15) is 18.0 Å². The van der Waals surface area contributed by atoms with Crippen molar-refractivity contribution < 1.29 is 18.0 Å². The molecule has 0 aromatic carbocycles. The van der Waals surface area contributed by atoms with Crippen LogP contribution in [-0.2, 0) is 6.54 Å². The molecule has 0 aliphatic carbocycles. The molecule has 0 aliphatic rings. The summed E-state index contributed by atoms with van der Waals surface area (Å²) in [6.07, 6.45) is -3.14. The van der Waals surface area contributed by atoms with E-state index in [0.29, 0.717) is 13.1 Å². The first kappa shape index (κ1) is 16.4. The number of hydrogen-bond acceptors (Lipinski definition) is 4. The molecule has 0 fully saturated rings. The second-order valence-electron chi connectivity index (χ2n) is 4.85. The first-order valence-electron chi connectivity index (χ1n) is 6.19. The summed E-state index contributed by atoms with van der Waals surface area (Å²) in [5, 5.41) is 7.23. The third-order valence-corrected chi connectivity index (χ3v) is 2.36. The molecule has 1 amide bonds. The molecule has 20 heavy (non-hydrogen) atoms. The lowest BCUT2D eigenvalue weighted by atomic mass is 10.2. The Labute approximate surface area is 114 Å². The van der Waals surface area contributed by atoms with Gasteiger partial charge in [-0.05, 0) is 5.92 Å². The molecule has 2 N–H and O–H groups in total. The van der Waals surface area contributed by atoms with Gasteiger partial charge in [-0.15, -0.1) is 5.10 Å². The number of rotatable bonds is 6. The van der Waals surface area contributed by atoms with Gasteiger partial charge in [0.1, 0.15) is 6.54 Å². The number of alkyl halides is 3. The Bertz CT molecular complexity index is 444. The van der Waals surface area contributed by atoms with Gasteiger partial charge in [0.2, 0.25) is 0 Å². The zero-order chi connectivity index (χ0) is 15.3. The zero-order valence-electron chi connectivity index (χ0n) is 11.4. The van der Waals surface area contributed by atoms with E-state index < -0.39 is 18.6 Å². The van der Waals surface area contributed by atoms with Crippen LogP contribution in [0.15, 0.2) is 6.20 Å². The van der Waals surface area contributed by atoms with Gasteiger partial charge in [0.25, 0.3) is 5.91 Å². The molecule has 0 aliphatic heterocycles. The Kier molecular flexibility index (Phi) is 5.49. The minimum absolute atomic E-state index is 0.00208. The van der Waals surface area contributed by atoms with Gasteiger partial charge in [0.05, 0.1) is 12.7 Å². The Morgan fingerprint density at radius 2 is 2.15 bits per heavy atom. The lowest BCUT2D eigenvalue weighted by molar-refractivity contribution is -0.141. The van der Waals surface area contributed by atoms with Crippen LogP contribution < -0.4 is 5.73 Å². The van der Waals surface area contributed by atoms with Crippen molar-refractivity contribution in [2.45, 2.75) is 26.6 Å². The number of carbonyl (C=O) groups is 1. The fourth-order valence-corrected chi connectivity index (χ4v) is 1.68. The van der Waals surface area contributed by atoms with Gasteiger partial charge in [-0.25, -0.2) is 0 Å². The van der Waals surface area contributed by atoms with E-state index in [4.69, 9.17) is 5.73 Å². The van der Waals surface area contributed by atoms with Crippen LogP contribution in [0.1, 0.15) is 24.3 Å². The van der Waals surface area contributed by atoms with Crippen molar-refractivity contribution in [3.63, 3.8) is 0 Å². The predicted octanol–water partition coefficient (Wildman–Crippen LogP) is 0.897. The third kappa shape index (κ3) is 5.16. The van der Waals surface area contributed by atoms with E-state index in [1.807, 2.05) is 0 Å². The van der Waals surface area contributed by atoms with Gasteiger partial charge in [0.15, 0.2) is 5.69 Å². The SMILES string of the molecule is CC(C)CN(CC(F)(F)F)C(=O)c1cn(CCN)nn1. The molecule has 1 aromatic rings. The van der Waals surface area contributed by atoms with Crippen molar-refractivity contribution >= 4 is 5.91 Å². The van der Waals surface area contributed by atoms with Gasteiger partial charge in [-0.3, -0.25) is 9.48 Å². The highest BCUT2D eigenvalue weighted by molar-refractivity contribution is 5.92. The van der Waals surface area contributed by atoms with Gasteiger partial charge >= 0.3 is 6.18 Å². The number of hydrogen-bond donors (Lipinski definition) is 1. The van der Waals surface area contributed by atoms with Crippen molar-refractivity contribution in [2.75, 3.05) is 19.6 Å². The maximum atomic E-state index is 12.5. The van der Waals surface area contributed by atoms with Gasteiger partial charge in [-0.2, -0.15) is 13.2 Å².